The van der Waals surface area contributed by atoms with Gasteiger partial charge in [0, 0.05) is 26.0 Å². The van der Waals surface area contributed by atoms with E-state index in [1.807, 2.05) is 37.0 Å². The summed E-state index contributed by atoms with van der Waals surface area (Å²) in [7, 11) is -1.10. The molecular weight excluding hydrogens is 212 g/mol. The lowest BCUT2D eigenvalue weighted by Crippen LogP contribution is -2.28. The highest BCUT2D eigenvalue weighted by Gasteiger charge is 2.07. The zero-order valence-corrected chi connectivity index (χ0v) is 10.0. The van der Waals surface area contributed by atoms with E-state index in [1.165, 1.54) is 0 Å². The Labute approximate surface area is 91.4 Å². The molecule has 0 unspecified atom stereocenters. The van der Waals surface area contributed by atoms with Crippen LogP contribution in [0, 0.1) is 0 Å². The third-order valence-corrected chi connectivity index (χ3v) is 3.69. The second-order valence-electron chi connectivity index (χ2n) is 3.65. The molecule has 0 fully saturated rings. The topological polar surface area (TPSA) is 51.1 Å². The van der Waals surface area contributed by atoms with Crippen LogP contribution < -0.4 is 4.72 Å². The van der Waals surface area contributed by atoms with Crippen molar-refractivity contribution in [3.8, 4) is 0 Å². The summed E-state index contributed by atoms with van der Waals surface area (Å²) in [6.45, 7) is 2.34. The maximum Gasteiger partial charge on any atom is 0.211 e. The molecule has 5 heteroatoms. The molecule has 1 N–H and O–H groups in total. The van der Waals surface area contributed by atoms with Gasteiger partial charge >= 0.3 is 0 Å². The summed E-state index contributed by atoms with van der Waals surface area (Å²) < 4.78 is 27.2. The molecule has 0 saturated carbocycles. The maximum absolute atomic E-state index is 11.3. The van der Waals surface area contributed by atoms with E-state index in [2.05, 4.69) is 4.72 Å². The molecule has 4 nitrogen and oxygen atoms in total. The molecule has 1 heterocycles. The average Bonchev–Trinajstić information content (AvgIpc) is 2.51. The van der Waals surface area contributed by atoms with Crippen LogP contribution in [0.5, 0.6) is 0 Å². The highest BCUT2D eigenvalue weighted by atomic mass is 32.2. The minimum atomic E-state index is -3.05. The van der Waals surface area contributed by atoms with Crippen molar-refractivity contribution < 1.29 is 8.42 Å². The number of aromatic nitrogens is 1. The van der Waals surface area contributed by atoms with Crippen LogP contribution in [0.3, 0.4) is 0 Å². The smallest absolute Gasteiger partial charge is 0.211 e. The van der Waals surface area contributed by atoms with E-state index in [4.69, 9.17) is 0 Å². The second-order valence-corrected chi connectivity index (χ2v) is 5.57. The number of aryl methyl sites for hydroxylation is 1. The predicted octanol–water partition coefficient (Wildman–Crippen LogP) is 0.897. The van der Waals surface area contributed by atoms with Gasteiger partial charge in [0.1, 0.15) is 0 Å². The van der Waals surface area contributed by atoms with E-state index >= 15 is 0 Å². The quantitative estimate of drug-likeness (QED) is 0.789. The first-order chi connectivity index (χ1) is 7.03. The number of rotatable bonds is 6. The van der Waals surface area contributed by atoms with E-state index in [0.717, 1.165) is 12.0 Å². The van der Waals surface area contributed by atoms with Gasteiger partial charge in [-0.3, -0.25) is 0 Å². The summed E-state index contributed by atoms with van der Waals surface area (Å²) in [6, 6.07) is 1.99. The molecule has 0 amide bonds. The Hall–Kier alpha value is -0.810. The van der Waals surface area contributed by atoms with Crippen molar-refractivity contribution in [2.75, 3.05) is 12.3 Å². The highest BCUT2D eigenvalue weighted by molar-refractivity contribution is 7.89. The number of sulfonamides is 1. The fraction of sp³-hybridized carbons (Fsp3) is 0.600. The first-order valence-electron chi connectivity index (χ1n) is 5.11. The molecule has 15 heavy (non-hydrogen) atoms. The second kappa shape index (κ2) is 5.32. The molecule has 0 saturated heterocycles. The van der Waals surface area contributed by atoms with Crippen molar-refractivity contribution >= 4 is 10.0 Å². The molecule has 0 aliphatic carbocycles. The number of nitrogens with one attached hydrogen (secondary N) is 1. The Balaban J connectivity index is 2.33. The van der Waals surface area contributed by atoms with Gasteiger partial charge in [0.05, 0.1) is 5.75 Å². The predicted molar refractivity (Wildman–Crippen MR) is 61.2 cm³/mol. The minimum Gasteiger partial charge on any atom is -0.357 e. The van der Waals surface area contributed by atoms with Crippen molar-refractivity contribution in [1.29, 1.82) is 0 Å². The SMILES string of the molecule is CCCS(=O)(=O)NCCc1ccn(C)c1. The maximum atomic E-state index is 11.3. The van der Waals surface area contributed by atoms with Crippen molar-refractivity contribution in [3.05, 3.63) is 24.0 Å². The van der Waals surface area contributed by atoms with Crippen molar-refractivity contribution in [1.82, 2.24) is 9.29 Å². The Morgan fingerprint density at radius 1 is 1.47 bits per heavy atom. The van der Waals surface area contributed by atoms with Crippen LogP contribution >= 0.6 is 0 Å². The van der Waals surface area contributed by atoms with Gasteiger partial charge < -0.3 is 4.57 Å². The van der Waals surface area contributed by atoms with E-state index in [-0.39, 0.29) is 5.75 Å². The van der Waals surface area contributed by atoms with E-state index in [0.29, 0.717) is 13.0 Å². The highest BCUT2D eigenvalue weighted by Crippen LogP contribution is 2.00. The molecular formula is C10H18N2O2S. The van der Waals surface area contributed by atoms with Crippen molar-refractivity contribution in [2.24, 2.45) is 7.05 Å². The van der Waals surface area contributed by atoms with Gasteiger partial charge in [-0.2, -0.15) is 0 Å². The Morgan fingerprint density at radius 3 is 2.73 bits per heavy atom. The van der Waals surface area contributed by atoms with Gasteiger partial charge in [-0.05, 0) is 24.5 Å². The van der Waals surface area contributed by atoms with Gasteiger partial charge in [0.25, 0.3) is 0 Å². The molecule has 86 valence electrons. The number of hydrogen-bond donors (Lipinski definition) is 1. The lowest BCUT2D eigenvalue weighted by atomic mass is 10.2. The van der Waals surface area contributed by atoms with E-state index < -0.39 is 10.0 Å². The lowest BCUT2D eigenvalue weighted by Gasteiger charge is -2.03. The normalized spacial score (nSPS) is 11.9. The van der Waals surface area contributed by atoms with Crippen LogP contribution in [0.2, 0.25) is 0 Å². The minimum absolute atomic E-state index is 0.210. The molecule has 0 aromatic carbocycles. The fourth-order valence-corrected chi connectivity index (χ4v) is 2.50. The Bertz CT molecular complexity index is 395. The molecule has 1 aromatic rings. The number of nitrogens with zero attached hydrogens (tertiary/aromatic N) is 1. The van der Waals surface area contributed by atoms with Gasteiger partial charge in [0.15, 0.2) is 0 Å². The van der Waals surface area contributed by atoms with Gasteiger partial charge in [-0.1, -0.05) is 6.92 Å². The fourth-order valence-electron chi connectivity index (χ4n) is 1.40. The zero-order chi connectivity index (χ0) is 11.3. The van der Waals surface area contributed by atoms with Crippen LogP contribution in [0.15, 0.2) is 18.5 Å². The first-order valence-corrected chi connectivity index (χ1v) is 6.77. The lowest BCUT2D eigenvalue weighted by molar-refractivity contribution is 0.580. The van der Waals surface area contributed by atoms with Gasteiger partial charge in [0.2, 0.25) is 10.0 Å². The molecule has 0 radical (unpaired) electrons. The third kappa shape index (κ3) is 4.48. The summed E-state index contributed by atoms with van der Waals surface area (Å²) in [4.78, 5) is 0. The Morgan fingerprint density at radius 2 is 2.20 bits per heavy atom. The Kier molecular flexibility index (Phi) is 4.35. The summed E-state index contributed by atoms with van der Waals surface area (Å²) in [6.07, 6.45) is 5.34. The van der Waals surface area contributed by atoms with Gasteiger partial charge in [-0.15, -0.1) is 0 Å². The third-order valence-electron chi connectivity index (χ3n) is 2.10. The molecule has 0 bridgehead atoms. The summed E-state index contributed by atoms with van der Waals surface area (Å²) in [5.74, 6) is 0.210. The van der Waals surface area contributed by atoms with Crippen LogP contribution in [-0.2, 0) is 23.5 Å². The van der Waals surface area contributed by atoms with Gasteiger partial charge in [-0.25, -0.2) is 13.1 Å². The van der Waals surface area contributed by atoms with Crippen LogP contribution in [0.25, 0.3) is 0 Å². The van der Waals surface area contributed by atoms with Crippen molar-refractivity contribution in [2.45, 2.75) is 19.8 Å². The van der Waals surface area contributed by atoms with Crippen molar-refractivity contribution in [3.63, 3.8) is 0 Å². The van der Waals surface area contributed by atoms with Crippen LogP contribution in [0.4, 0.5) is 0 Å². The molecule has 0 aliphatic heterocycles. The number of hydrogen-bond acceptors (Lipinski definition) is 2. The molecule has 1 aromatic heterocycles. The standard InChI is InChI=1S/C10H18N2O2S/c1-3-8-15(13,14)11-6-4-10-5-7-12(2)9-10/h5,7,9,11H,3-4,6,8H2,1-2H3. The largest absolute Gasteiger partial charge is 0.357 e. The van der Waals surface area contributed by atoms with E-state index in [9.17, 15) is 8.42 Å². The summed E-state index contributed by atoms with van der Waals surface area (Å²) in [5.41, 5.74) is 1.15. The molecule has 0 aliphatic rings. The van der Waals surface area contributed by atoms with Crippen LogP contribution in [0.1, 0.15) is 18.9 Å². The first kappa shape index (κ1) is 12.3. The molecule has 1 rings (SSSR count). The van der Waals surface area contributed by atoms with Crippen LogP contribution in [-0.4, -0.2) is 25.3 Å². The zero-order valence-electron chi connectivity index (χ0n) is 9.23. The monoisotopic (exact) mass is 230 g/mol. The average molecular weight is 230 g/mol. The van der Waals surface area contributed by atoms with E-state index in [1.54, 1.807) is 0 Å². The summed E-state index contributed by atoms with van der Waals surface area (Å²) in [5, 5.41) is 0. The molecule has 0 atom stereocenters. The summed E-state index contributed by atoms with van der Waals surface area (Å²) >= 11 is 0. The molecule has 0 spiro atoms.